The van der Waals surface area contributed by atoms with Crippen LogP contribution in [0.5, 0.6) is 0 Å². The summed E-state index contributed by atoms with van der Waals surface area (Å²) in [5.41, 5.74) is 1.78. The van der Waals surface area contributed by atoms with Crippen LogP contribution in [0.4, 0.5) is 0 Å². The van der Waals surface area contributed by atoms with Gasteiger partial charge in [-0.3, -0.25) is 4.90 Å². The lowest BCUT2D eigenvalue weighted by molar-refractivity contribution is -0.138. The Labute approximate surface area is 137 Å². The normalized spacial score (nSPS) is 20.7. The molecule has 0 radical (unpaired) electrons. The molecule has 0 aliphatic carbocycles. The average Bonchev–Trinajstić information content (AvgIpc) is 2.85. The number of methoxy groups -OCH3 is 1. The Hall–Kier alpha value is -1.69. The van der Waals surface area contributed by atoms with Gasteiger partial charge in [0.25, 0.3) is 0 Å². The zero-order chi connectivity index (χ0) is 16.9. The molecule has 1 atom stereocenters. The molecule has 23 heavy (non-hydrogen) atoms. The minimum Gasteiger partial charge on any atom is -0.466 e. The summed E-state index contributed by atoms with van der Waals surface area (Å²) in [6.07, 6.45) is 1.58. The van der Waals surface area contributed by atoms with Crippen LogP contribution < -0.4 is 0 Å². The highest BCUT2D eigenvalue weighted by Crippen LogP contribution is 2.24. The van der Waals surface area contributed by atoms with Gasteiger partial charge in [0.05, 0.1) is 13.7 Å². The molecule has 5 nitrogen and oxygen atoms in total. The molecular weight excluding hydrogens is 294 g/mol. The van der Waals surface area contributed by atoms with E-state index in [1.807, 2.05) is 45.2 Å². The van der Waals surface area contributed by atoms with Gasteiger partial charge >= 0.3 is 5.97 Å². The Bertz CT molecular complexity index is 553. The Kier molecular flexibility index (Phi) is 5.93. The molecule has 1 aromatic rings. The van der Waals surface area contributed by atoms with Crippen molar-refractivity contribution in [3.8, 4) is 0 Å². The van der Waals surface area contributed by atoms with Crippen molar-refractivity contribution in [3.05, 3.63) is 47.5 Å². The maximum Gasteiger partial charge on any atom is 0.334 e. The fourth-order valence-corrected chi connectivity index (χ4v) is 2.58. The smallest absolute Gasteiger partial charge is 0.334 e. The minimum absolute atomic E-state index is 0.232. The van der Waals surface area contributed by atoms with Crippen LogP contribution in [-0.4, -0.2) is 50.1 Å². The number of benzene rings is 1. The average molecular weight is 319 g/mol. The van der Waals surface area contributed by atoms with E-state index in [1.54, 1.807) is 0 Å². The van der Waals surface area contributed by atoms with Crippen LogP contribution in [0.3, 0.4) is 0 Å². The van der Waals surface area contributed by atoms with E-state index in [2.05, 4.69) is 17.0 Å². The van der Waals surface area contributed by atoms with Crippen molar-refractivity contribution in [1.29, 1.82) is 0 Å². The third-order valence-electron chi connectivity index (χ3n) is 3.60. The van der Waals surface area contributed by atoms with Gasteiger partial charge in [-0.2, -0.15) is 0 Å². The number of likely N-dealkylation sites (N-methyl/N-ethyl adjacent to an activating group) is 1. The number of ether oxygens (including phenoxy) is 3. The van der Waals surface area contributed by atoms with Gasteiger partial charge in [0.2, 0.25) is 0 Å². The van der Waals surface area contributed by atoms with Crippen LogP contribution in [0.1, 0.15) is 19.4 Å². The first-order valence-electron chi connectivity index (χ1n) is 7.73. The largest absolute Gasteiger partial charge is 0.466 e. The SMILES string of the molecule is COC(=O)/C(=C/[C@H]1COC(C)(C)O1)CN(C)Cc1ccccc1. The second-order valence-electron chi connectivity index (χ2n) is 6.21. The Balaban J connectivity index is 2.02. The van der Waals surface area contributed by atoms with E-state index in [0.29, 0.717) is 18.7 Å². The first-order chi connectivity index (χ1) is 10.9. The topological polar surface area (TPSA) is 48.0 Å². The van der Waals surface area contributed by atoms with E-state index in [-0.39, 0.29) is 12.1 Å². The predicted octanol–water partition coefficient (Wildman–Crippen LogP) is 2.37. The molecule has 0 bridgehead atoms. The van der Waals surface area contributed by atoms with E-state index in [9.17, 15) is 4.79 Å². The first-order valence-corrected chi connectivity index (χ1v) is 7.73. The maximum absolute atomic E-state index is 12.0. The molecule has 1 aromatic carbocycles. The summed E-state index contributed by atoms with van der Waals surface area (Å²) in [5.74, 6) is -0.948. The van der Waals surface area contributed by atoms with Crippen LogP contribution in [0.15, 0.2) is 42.0 Å². The zero-order valence-corrected chi connectivity index (χ0v) is 14.2. The molecule has 2 rings (SSSR count). The molecular formula is C18H25NO4. The first kappa shape index (κ1) is 17.7. The number of hydrogen-bond donors (Lipinski definition) is 0. The Morgan fingerprint density at radius 3 is 2.65 bits per heavy atom. The van der Waals surface area contributed by atoms with Crippen LogP contribution in [0.25, 0.3) is 0 Å². The molecule has 1 saturated heterocycles. The minimum atomic E-state index is -0.613. The molecule has 0 amide bonds. The number of carbonyl (C=O) groups excluding carboxylic acids is 1. The summed E-state index contributed by atoms with van der Waals surface area (Å²) in [5, 5.41) is 0. The molecule has 1 fully saturated rings. The van der Waals surface area contributed by atoms with Crippen molar-refractivity contribution in [1.82, 2.24) is 4.90 Å². The lowest BCUT2D eigenvalue weighted by Crippen LogP contribution is -2.26. The third kappa shape index (κ3) is 5.46. The van der Waals surface area contributed by atoms with E-state index < -0.39 is 5.79 Å². The predicted molar refractivity (Wildman–Crippen MR) is 87.8 cm³/mol. The van der Waals surface area contributed by atoms with Gasteiger partial charge in [-0.1, -0.05) is 30.3 Å². The molecule has 1 heterocycles. The molecule has 0 aromatic heterocycles. The zero-order valence-electron chi connectivity index (χ0n) is 14.2. The number of nitrogens with zero attached hydrogens (tertiary/aromatic N) is 1. The summed E-state index contributed by atoms with van der Waals surface area (Å²) in [4.78, 5) is 14.1. The van der Waals surface area contributed by atoms with Crippen molar-refractivity contribution in [2.45, 2.75) is 32.3 Å². The molecule has 0 spiro atoms. The number of rotatable bonds is 6. The molecule has 5 heteroatoms. The van der Waals surface area contributed by atoms with Crippen LogP contribution in [0, 0.1) is 0 Å². The van der Waals surface area contributed by atoms with Crippen molar-refractivity contribution in [3.63, 3.8) is 0 Å². The Morgan fingerprint density at radius 2 is 2.09 bits per heavy atom. The van der Waals surface area contributed by atoms with E-state index in [4.69, 9.17) is 14.2 Å². The highest BCUT2D eigenvalue weighted by Gasteiger charge is 2.32. The van der Waals surface area contributed by atoms with Crippen LogP contribution in [0.2, 0.25) is 0 Å². The summed E-state index contributed by atoms with van der Waals surface area (Å²) in [6, 6.07) is 10.1. The molecule has 0 unspecified atom stereocenters. The quantitative estimate of drug-likeness (QED) is 0.595. The van der Waals surface area contributed by atoms with Gasteiger partial charge in [-0.25, -0.2) is 4.79 Å². The summed E-state index contributed by atoms with van der Waals surface area (Å²) < 4.78 is 16.2. The van der Waals surface area contributed by atoms with Gasteiger partial charge in [0.15, 0.2) is 5.79 Å². The second-order valence-corrected chi connectivity index (χ2v) is 6.21. The van der Waals surface area contributed by atoms with Gasteiger partial charge < -0.3 is 14.2 Å². The maximum atomic E-state index is 12.0. The molecule has 0 saturated carbocycles. The lowest BCUT2D eigenvalue weighted by atomic mass is 10.1. The van der Waals surface area contributed by atoms with E-state index in [0.717, 1.165) is 6.54 Å². The van der Waals surface area contributed by atoms with Crippen molar-refractivity contribution >= 4 is 5.97 Å². The van der Waals surface area contributed by atoms with E-state index in [1.165, 1.54) is 12.7 Å². The van der Waals surface area contributed by atoms with Crippen LogP contribution in [-0.2, 0) is 25.5 Å². The number of carbonyl (C=O) groups is 1. The summed E-state index contributed by atoms with van der Waals surface area (Å²) in [6.45, 7) is 5.40. The molecule has 0 N–H and O–H groups in total. The number of hydrogen-bond acceptors (Lipinski definition) is 5. The van der Waals surface area contributed by atoms with Gasteiger partial charge in [-0.05, 0) is 32.5 Å². The lowest BCUT2D eigenvalue weighted by Gasteiger charge is -2.19. The molecule has 1 aliphatic heterocycles. The monoisotopic (exact) mass is 319 g/mol. The third-order valence-corrected chi connectivity index (χ3v) is 3.60. The molecule has 1 aliphatic rings. The van der Waals surface area contributed by atoms with Gasteiger partial charge in [-0.15, -0.1) is 0 Å². The van der Waals surface area contributed by atoms with Crippen LogP contribution >= 0.6 is 0 Å². The van der Waals surface area contributed by atoms with Gasteiger partial charge in [0.1, 0.15) is 6.10 Å². The van der Waals surface area contributed by atoms with Crippen molar-refractivity contribution < 1.29 is 19.0 Å². The fourth-order valence-electron chi connectivity index (χ4n) is 2.58. The van der Waals surface area contributed by atoms with Crippen molar-refractivity contribution in [2.75, 3.05) is 27.3 Å². The highest BCUT2D eigenvalue weighted by atomic mass is 16.7. The number of esters is 1. The fraction of sp³-hybridized carbons (Fsp3) is 0.500. The standard InChI is InChI=1S/C18H25NO4/c1-18(2)22-13-16(23-18)10-15(17(20)21-4)12-19(3)11-14-8-6-5-7-9-14/h5-10,16H,11-13H2,1-4H3/b15-10+/t16-/m0/s1. The van der Waals surface area contributed by atoms with Crippen molar-refractivity contribution in [2.24, 2.45) is 0 Å². The second kappa shape index (κ2) is 7.73. The van der Waals surface area contributed by atoms with Gasteiger partial charge in [0, 0.05) is 18.7 Å². The summed E-state index contributed by atoms with van der Waals surface area (Å²) >= 11 is 0. The van der Waals surface area contributed by atoms with E-state index >= 15 is 0 Å². The summed E-state index contributed by atoms with van der Waals surface area (Å²) in [7, 11) is 3.36. The Morgan fingerprint density at radius 1 is 1.39 bits per heavy atom. The molecule has 126 valence electrons. The highest BCUT2D eigenvalue weighted by molar-refractivity contribution is 5.88.